The molecule has 0 aromatic heterocycles. The van der Waals surface area contributed by atoms with Crippen molar-refractivity contribution < 1.29 is 14.4 Å². The van der Waals surface area contributed by atoms with Gasteiger partial charge in [-0.05, 0) is 12.1 Å². The molecule has 0 amide bonds. The molecule has 1 atom stereocenters. The van der Waals surface area contributed by atoms with Crippen LogP contribution in [-0.4, -0.2) is 37.4 Å². The first kappa shape index (κ1) is 14.0. The molecule has 0 radical (unpaired) electrons. The van der Waals surface area contributed by atoms with Crippen LogP contribution in [0.4, 0.5) is 11.4 Å². The van der Waals surface area contributed by atoms with Gasteiger partial charge in [0.25, 0.3) is 5.69 Å². The number of rotatable bonds is 5. The molecule has 0 spiro atoms. The van der Waals surface area contributed by atoms with Gasteiger partial charge in [-0.25, -0.2) is 0 Å². The monoisotopic (exact) mass is 286 g/mol. The number of halogens is 1. The van der Waals surface area contributed by atoms with E-state index in [-0.39, 0.29) is 5.69 Å². The fraction of sp³-hybridized carbons (Fsp3) is 0.500. The van der Waals surface area contributed by atoms with Gasteiger partial charge in [-0.2, -0.15) is 0 Å². The van der Waals surface area contributed by atoms with E-state index in [1.54, 1.807) is 19.2 Å². The summed E-state index contributed by atoms with van der Waals surface area (Å²) < 4.78 is 10.8. The maximum Gasteiger partial charge on any atom is 0.293 e. The van der Waals surface area contributed by atoms with Crippen LogP contribution in [0.1, 0.15) is 6.42 Å². The van der Waals surface area contributed by atoms with Crippen molar-refractivity contribution >= 4 is 23.0 Å². The number of benzene rings is 1. The first-order chi connectivity index (χ1) is 9.06. The van der Waals surface area contributed by atoms with Crippen LogP contribution in [0.5, 0.6) is 0 Å². The summed E-state index contributed by atoms with van der Waals surface area (Å²) in [6.45, 7) is 1.57. The standard InChI is InChI=1S/C12H15ClN2O4/c1-18-12(4-5-19-8-12)7-14-10-3-2-9(13)6-11(10)15(16)17/h2-3,6,14H,4-5,7-8H2,1H3. The fourth-order valence-electron chi connectivity index (χ4n) is 2.02. The first-order valence-corrected chi connectivity index (χ1v) is 6.25. The Balaban J connectivity index is 2.13. The SMILES string of the molecule is COC1(CNc2ccc(Cl)cc2[N+](=O)[O-])CCOC1. The summed E-state index contributed by atoms with van der Waals surface area (Å²) in [6, 6.07) is 4.54. The van der Waals surface area contributed by atoms with Gasteiger partial charge in [-0.3, -0.25) is 10.1 Å². The Morgan fingerprint density at radius 1 is 1.63 bits per heavy atom. The maximum atomic E-state index is 11.0. The third kappa shape index (κ3) is 3.15. The minimum Gasteiger partial charge on any atom is -0.378 e. The van der Waals surface area contributed by atoms with E-state index >= 15 is 0 Å². The van der Waals surface area contributed by atoms with Crippen LogP contribution in [0, 0.1) is 10.1 Å². The lowest BCUT2D eigenvalue weighted by molar-refractivity contribution is -0.384. The molecule has 1 aromatic carbocycles. The van der Waals surface area contributed by atoms with Gasteiger partial charge in [0.05, 0.1) is 11.5 Å². The highest BCUT2D eigenvalue weighted by Gasteiger charge is 2.35. The lowest BCUT2D eigenvalue weighted by Crippen LogP contribution is -2.39. The van der Waals surface area contributed by atoms with Crippen molar-refractivity contribution in [1.29, 1.82) is 0 Å². The molecule has 1 aromatic rings. The number of nitro groups is 1. The van der Waals surface area contributed by atoms with E-state index in [1.807, 2.05) is 0 Å². The number of ether oxygens (including phenoxy) is 2. The largest absolute Gasteiger partial charge is 0.378 e. The van der Waals surface area contributed by atoms with Gasteiger partial charge >= 0.3 is 0 Å². The van der Waals surface area contributed by atoms with Gasteiger partial charge in [-0.15, -0.1) is 0 Å². The van der Waals surface area contributed by atoms with E-state index in [9.17, 15) is 10.1 Å². The van der Waals surface area contributed by atoms with Crippen molar-refractivity contribution in [2.45, 2.75) is 12.0 Å². The van der Waals surface area contributed by atoms with Crippen molar-refractivity contribution in [3.8, 4) is 0 Å². The number of hydrogen-bond acceptors (Lipinski definition) is 5. The predicted octanol–water partition coefficient (Wildman–Crippen LogP) is 2.47. The van der Waals surface area contributed by atoms with E-state index in [2.05, 4.69) is 5.32 Å². The van der Waals surface area contributed by atoms with Gasteiger partial charge in [0, 0.05) is 37.8 Å². The van der Waals surface area contributed by atoms with Gasteiger partial charge < -0.3 is 14.8 Å². The van der Waals surface area contributed by atoms with Crippen LogP contribution in [-0.2, 0) is 9.47 Å². The van der Waals surface area contributed by atoms with E-state index in [4.69, 9.17) is 21.1 Å². The quantitative estimate of drug-likeness (QED) is 0.665. The number of nitrogens with zero attached hydrogens (tertiary/aromatic N) is 1. The molecule has 6 nitrogen and oxygen atoms in total. The summed E-state index contributed by atoms with van der Waals surface area (Å²) in [4.78, 5) is 10.5. The van der Waals surface area contributed by atoms with Crippen LogP contribution < -0.4 is 5.32 Å². The Bertz CT molecular complexity index is 475. The number of methoxy groups -OCH3 is 1. The summed E-state index contributed by atoms with van der Waals surface area (Å²) in [7, 11) is 1.62. The zero-order valence-electron chi connectivity index (χ0n) is 10.5. The number of anilines is 1. The van der Waals surface area contributed by atoms with Crippen molar-refractivity contribution in [3.63, 3.8) is 0 Å². The summed E-state index contributed by atoms with van der Waals surface area (Å²) >= 11 is 5.77. The molecule has 0 aliphatic carbocycles. The minimum absolute atomic E-state index is 0.0438. The molecule has 1 N–H and O–H groups in total. The Morgan fingerprint density at radius 3 is 3.00 bits per heavy atom. The van der Waals surface area contributed by atoms with Crippen LogP contribution in [0.3, 0.4) is 0 Å². The molecule has 2 rings (SSSR count). The smallest absolute Gasteiger partial charge is 0.293 e. The number of nitro benzene ring substituents is 1. The van der Waals surface area contributed by atoms with Crippen LogP contribution in [0.2, 0.25) is 5.02 Å². The second-order valence-electron chi connectivity index (χ2n) is 4.46. The normalized spacial score (nSPS) is 22.4. The molecule has 1 saturated heterocycles. The summed E-state index contributed by atoms with van der Waals surface area (Å²) in [5.41, 5.74) is -0.0385. The summed E-state index contributed by atoms with van der Waals surface area (Å²) in [5.74, 6) is 0. The average Bonchev–Trinajstić information content (AvgIpc) is 2.86. The average molecular weight is 287 g/mol. The highest BCUT2D eigenvalue weighted by Crippen LogP contribution is 2.29. The number of nitrogens with one attached hydrogen (secondary N) is 1. The van der Waals surface area contributed by atoms with E-state index in [0.717, 1.165) is 6.42 Å². The second-order valence-corrected chi connectivity index (χ2v) is 4.90. The van der Waals surface area contributed by atoms with E-state index < -0.39 is 10.5 Å². The van der Waals surface area contributed by atoms with Gasteiger partial charge in [0.1, 0.15) is 11.3 Å². The van der Waals surface area contributed by atoms with Gasteiger partial charge in [-0.1, -0.05) is 11.6 Å². The maximum absolute atomic E-state index is 11.0. The summed E-state index contributed by atoms with van der Waals surface area (Å²) in [5, 5.41) is 14.4. The van der Waals surface area contributed by atoms with E-state index in [0.29, 0.717) is 30.5 Å². The highest BCUT2D eigenvalue weighted by atomic mass is 35.5. The van der Waals surface area contributed by atoms with Crippen LogP contribution in [0.15, 0.2) is 18.2 Å². The van der Waals surface area contributed by atoms with Crippen LogP contribution in [0.25, 0.3) is 0 Å². The third-order valence-corrected chi connectivity index (χ3v) is 3.49. The molecular weight excluding hydrogens is 272 g/mol. The molecule has 0 saturated carbocycles. The zero-order chi connectivity index (χ0) is 13.9. The van der Waals surface area contributed by atoms with Gasteiger partial charge in [0.15, 0.2) is 0 Å². The molecule has 1 heterocycles. The molecule has 1 fully saturated rings. The predicted molar refractivity (Wildman–Crippen MR) is 71.8 cm³/mol. The summed E-state index contributed by atoms with van der Waals surface area (Å²) in [6.07, 6.45) is 0.762. The second kappa shape index (κ2) is 5.73. The molecule has 7 heteroatoms. The Morgan fingerprint density at radius 2 is 2.42 bits per heavy atom. The Labute approximate surface area is 115 Å². The molecule has 1 aliphatic heterocycles. The molecule has 1 aliphatic rings. The molecular formula is C12H15ClN2O4. The molecule has 104 valence electrons. The van der Waals surface area contributed by atoms with E-state index in [1.165, 1.54) is 6.07 Å². The van der Waals surface area contributed by atoms with Gasteiger partial charge in [0.2, 0.25) is 0 Å². The Kier molecular flexibility index (Phi) is 4.24. The highest BCUT2D eigenvalue weighted by molar-refractivity contribution is 6.30. The molecule has 19 heavy (non-hydrogen) atoms. The topological polar surface area (TPSA) is 73.6 Å². The Hall–Kier alpha value is -1.37. The minimum atomic E-state index is -0.459. The van der Waals surface area contributed by atoms with Crippen molar-refractivity contribution in [1.82, 2.24) is 0 Å². The fourth-order valence-corrected chi connectivity index (χ4v) is 2.19. The van der Waals surface area contributed by atoms with Crippen molar-refractivity contribution in [2.24, 2.45) is 0 Å². The van der Waals surface area contributed by atoms with Crippen molar-refractivity contribution in [2.75, 3.05) is 32.2 Å². The molecule has 0 bridgehead atoms. The van der Waals surface area contributed by atoms with Crippen molar-refractivity contribution in [3.05, 3.63) is 33.3 Å². The molecule has 1 unspecified atom stereocenters. The first-order valence-electron chi connectivity index (χ1n) is 5.87. The zero-order valence-corrected chi connectivity index (χ0v) is 11.3. The lowest BCUT2D eigenvalue weighted by atomic mass is 10.0. The lowest BCUT2D eigenvalue weighted by Gasteiger charge is -2.26. The van der Waals surface area contributed by atoms with Crippen LogP contribution >= 0.6 is 11.6 Å². The third-order valence-electron chi connectivity index (χ3n) is 3.26. The number of hydrogen-bond donors (Lipinski definition) is 1.